The first-order chi connectivity index (χ1) is 21.6. The summed E-state index contributed by atoms with van der Waals surface area (Å²) in [5.74, 6) is 0.554. The van der Waals surface area contributed by atoms with Crippen LogP contribution in [0.2, 0.25) is 0 Å². The molecule has 4 aromatic carbocycles. The normalized spacial score (nSPS) is 14.5. The molecule has 0 atom stereocenters. The predicted molar refractivity (Wildman–Crippen MR) is 176 cm³/mol. The van der Waals surface area contributed by atoms with Crippen LogP contribution in [-0.2, 0) is 10.3 Å². The van der Waals surface area contributed by atoms with Crippen LogP contribution in [0.3, 0.4) is 0 Å². The molecule has 0 radical (unpaired) electrons. The molecule has 0 saturated carbocycles. The number of benzene rings is 4. The van der Waals surface area contributed by atoms with Crippen LogP contribution in [0.15, 0.2) is 134 Å². The number of anilines is 1. The van der Waals surface area contributed by atoms with Gasteiger partial charge in [-0.15, -0.1) is 0 Å². The highest BCUT2D eigenvalue weighted by atomic mass is 16.2. The number of rotatable bonds is 7. The van der Waals surface area contributed by atoms with Gasteiger partial charge in [-0.05, 0) is 73.4 Å². The minimum absolute atomic E-state index is 0.0289. The van der Waals surface area contributed by atoms with Gasteiger partial charge in [-0.2, -0.15) is 5.10 Å². The topological polar surface area (TPSA) is 63.1 Å². The number of carbonyl (C=O) groups excluding carboxylic acids is 1. The Kier molecular flexibility index (Phi) is 7.50. The molecule has 1 aliphatic rings. The third-order valence-corrected chi connectivity index (χ3v) is 8.90. The van der Waals surface area contributed by atoms with Crippen LogP contribution < -0.4 is 5.32 Å². The molecule has 0 unspecified atom stereocenters. The van der Waals surface area contributed by atoms with E-state index in [9.17, 15) is 4.79 Å². The fourth-order valence-corrected chi connectivity index (χ4v) is 6.57. The van der Waals surface area contributed by atoms with Crippen LogP contribution in [0.4, 0.5) is 5.82 Å². The molecule has 1 aliphatic heterocycles. The van der Waals surface area contributed by atoms with Gasteiger partial charge < -0.3 is 10.2 Å². The molecule has 2 aromatic heterocycles. The highest BCUT2D eigenvalue weighted by Gasteiger charge is 2.41. The number of pyridine rings is 1. The van der Waals surface area contributed by atoms with Crippen molar-refractivity contribution in [3.8, 4) is 11.1 Å². The number of hydrogen-bond acceptors (Lipinski definition) is 4. The summed E-state index contributed by atoms with van der Waals surface area (Å²) >= 11 is 0. The number of hydrogen-bond donors (Lipinski definition) is 1. The van der Waals surface area contributed by atoms with Gasteiger partial charge in [0.1, 0.15) is 5.54 Å². The number of piperidine rings is 1. The van der Waals surface area contributed by atoms with Crippen LogP contribution in [0, 0.1) is 5.92 Å². The van der Waals surface area contributed by atoms with Gasteiger partial charge in [-0.3, -0.25) is 9.78 Å². The zero-order chi connectivity index (χ0) is 29.9. The third-order valence-electron chi connectivity index (χ3n) is 8.90. The molecule has 1 N–H and O–H groups in total. The van der Waals surface area contributed by atoms with E-state index >= 15 is 0 Å². The number of nitrogens with one attached hydrogen (secondary N) is 1. The summed E-state index contributed by atoms with van der Waals surface area (Å²) in [7, 11) is 2.11. The van der Waals surface area contributed by atoms with E-state index in [2.05, 4.69) is 124 Å². The molecule has 6 heteroatoms. The average Bonchev–Trinajstić information content (AvgIpc) is 3.44. The van der Waals surface area contributed by atoms with E-state index in [0.717, 1.165) is 64.7 Å². The van der Waals surface area contributed by atoms with Gasteiger partial charge >= 0.3 is 0 Å². The summed E-state index contributed by atoms with van der Waals surface area (Å²) in [6, 6.07) is 41.9. The maximum absolute atomic E-state index is 13.8. The van der Waals surface area contributed by atoms with Crippen molar-refractivity contribution in [2.75, 3.05) is 25.5 Å². The molecular formula is C38H35N5O. The SMILES string of the molecule is CN1CCC(C(=O)Nc2nn(C(c3ccccc3)(c3ccccc3)c3ccccc3)c3ccc(-c4cccnc4)cc23)CC1. The molecule has 218 valence electrons. The summed E-state index contributed by atoms with van der Waals surface area (Å²) in [6.45, 7) is 1.83. The number of nitrogens with zero attached hydrogens (tertiary/aromatic N) is 4. The lowest BCUT2D eigenvalue weighted by molar-refractivity contribution is -0.121. The summed E-state index contributed by atoms with van der Waals surface area (Å²) in [5.41, 5.74) is 5.37. The van der Waals surface area contributed by atoms with Gasteiger partial charge in [0.25, 0.3) is 0 Å². The molecule has 7 rings (SSSR count). The standard InChI is InChI=1S/C38H35N5O/c1-42-24-21-28(22-25-42)37(44)40-36-34-26-29(30-12-11-23-39-27-30)19-20-35(34)43(41-36)38(31-13-5-2-6-14-31,32-15-7-3-8-16-32)33-17-9-4-10-18-33/h2-20,23,26-28H,21-22,24-25H2,1H3,(H,40,41,44). The Morgan fingerprint density at radius 3 is 1.89 bits per heavy atom. The van der Waals surface area contributed by atoms with Crippen molar-refractivity contribution in [1.82, 2.24) is 19.7 Å². The zero-order valence-corrected chi connectivity index (χ0v) is 24.8. The number of aromatic nitrogens is 3. The van der Waals surface area contributed by atoms with Gasteiger partial charge in [-0.1, -0.05) is 103 Å². The van der Waals surface area contributed by atoms with E-state index < -0.39 is 5.54 Å². The van der Waals surface area contributed by atoms with Gasteiger partial charge in [0, 0.05) is 29.3 Å². The summed E-state index contributed by atoms with van der Waals surface area (Å²) in [6.07, 6.45) is 5.32. The maximum Gasteiger partial charge on any atom is 0.228 e. The molecule has 0 spiro atoms. The first kappa shape index (κ1) is 27.7. The van der Waals surface area contributed by atoms with Crippen molar-refractivity contribution >= 4 is 22.6 Å². The first-order valence-electron chi connectivity index (χ1n) is 15.2. The van der Waals surface area contributed by atoms with E-state index in [1.807, 2.05) is 30.5 Å². The molecule has 44 heavy (non-hydrogen) atoms. The van der Waals surface area contributed by atoms with E-state index in [4.69, 9.17) is 5.10 Å². The fourth-order valence-electron chi connectivity index (χ4n) is 6.57. The van der Waals surface area contributed by atoms with Crippen molar-refractivity contribution in [2.24, 2.45) is 5.92 Å². The monoisotopic (exact) mass is 577 g/mol. The summed E-state index contributed by atoms with van der Waals surface area (Å²) in [5, 5.41) is 9.51. The van der Waals surface area contributed by atoms with E-state index in [0.29, 0.717) is 5.82 Å². The number of likely N-dealkylation sites (tertiary alicyclic amines) is 1. The highest BCUT2D eigenvalue weighted by Crippen LogP contribution is 2.44. The van der Waals surface area contributed by atoms with Crippen molar-refractivity contribution in [1.29, 1.82) is 0 Å². The zero-order valence-electron chi connectivity index (χ0n) is 24.8. The Balaban J connectivity index is 1.49. The molecule has 0 bridgehead atoms. The van der Waals surface area contributed by atoms with Crippen molar-refractivity contribution in [3.63, 3.8) is 0 Å². The molecule has 6 aromatic rings. The molecule has 1 saturated heterocycles. The second kappa shape index (κ2) is 11.9. The Hall–Kier alpha value is -5.07. The van der Waals surface area contributed by atoms with Gasteiger partial charge in [-0.25, -0.2) is 4.68 Å². The second-order valence-electron chi connectivity index (χ2n) is 11.6. The lowest BCUT2D eigenvalue weighted by atomic mass is 9.77. The number of carbonyl (C=O) groups is 1. The fraction of sp³-hybridized carbons (Fsp3) is 0.184. The van der Waals surface area contributed by atoms with E-state index in [1.165, 1.54) is 0 Å². The van der Waals surface area contributed by atoms with Crippen molar-refractivity contribution < 1.29 is 4.79 Å². The summed E-state index contributed by atoms with van der Waals surface area (Å²) in [4.78, 5) is 20.4. The van der Waals surface area contributed by atoms with Crippen molar-refractivity contribution in [3.05, 3.63) is 150 Å². The largest absolute Gasteiger partial charge is 0.308 e. The van der Waals surface area contributed by atoms with Crippen molar-refractivity contribution in [2.45, 2.75) is 18.4 Å². The van der Waals surface area contributed by atoms with Crippen LogP contribution in [-0.4, -0.2) is 45.7 Å². The van der Waals surface area contributed by atoms with E-state index in [1.54, 1.807) is 6.20 Å². The molecule has 3 heterocycles. The van der Waals surface area contributed by atoms with Crippen LogP contribution in [0.5, 0.6) is 0 Å². The lowest BCUT2D eigenvalue weighted by Gasteiger charge is -2.37. The molecule has 1 amide bonds. The number of amides is 1. The predicted octanol–water partition coefficient (Wildman–Crippen LogP) is 7.22. The van der Waals surface area contributed by atoms with Crippen LogP contribution >= 0.6 is 0 Å². The quantitative estimate of drug-likeness (QED) is 0.204. The average molecular weight is 578 g/mol. The Morgan fingerprint density at radius 2 is 1.34 bits per heavy atom. The van der Waals surface area contributed by atoms with Gasteiger partial charge in [0.15, 0.2) is 5.82 Å². The summed E-state index contributed by atoms with van der Waals surface area (Å²) < 4.78 is 2.11. The highest BCUT2D eigenvalue weighted by molar-refractivity contribution is 6.02. The van der Waals surface area contributed by atoms with Gasteiger partial charge in [0.2, 0.25) is 5.91 Å². The maximum atomic E-state index is 13.8. The van der Waals surface area contributed by atoms with E-state index in [-0.39, 0.29) is 11.8 Å². The smallest absolute Gasteiger partial charge is 0.228 e. The Morgan fingerprint density at radius 1 is 0.750 bits per heavy atom. The second-order valence-corrected chi connectivity index (χ2v) is 11.6. The lowest BCUT2D eigenvalue weighted by Crippen LogP contribution is -2.39. The molecule has 1 fully saturated rings. The minimum atomic E-state index is -0.811. The first-order valence-corrected chi connectivity index (χ1v) is 15.2. The molecular weight excluding hydrogens is 542 g/mol. The Labute approximate surface area is 258 Å². The Bertz CT molecular complexity index is 1770. The third kappa shape index (κ3) is 4.97. The van der Waals surface area contributed by atoms with Crippen LogP contribution in [0.1, 0.15) is 29.5 Å². The molecule has 6 nitrogen and oxygen atoms in total. The molecule has 0 aliphatic carbocycles. The van der Waals surface area contributed by atoms with Crippen LogP contribution in [0.25, 0.3) is 22.0 Å². The minimum Gasteiger partial charge on any atom is -0.308 e. The van der Waals surface area contributed by atoms with Gasteiger partial charge in [0.05, 0.1) is 5.52 Å². The number of fused-ring (bicyclic) bond motifs is 1.